The second-order valence-corrected chi connectivity index (χ2v) is 11.9. The molecule has 2 aliphatic heterocycles. The Morgan fingerprint density at radius 3 is 2.38 bits per heavy atom. The van der Waals surface area contributed by atoms with Gasteiger partial charge in [0.15, 0.2) is 0 Å². The van der Waals surface area contributed by atoms with Crippen molar-refractivity contribution in [2.45, 2.75) is 31.6 Å². The Hall–Kier alpha value is -3.28. The number of hydrogen-bond acceptors (Lipinski definition) is 3. The molecule has 0 radical (unpaired) electrons. The summed E-state index contributed by atoms with van der Waals surface area (Å²) in [6, 6.07) is 25.6. The molecule has 6 rings (SSSR count). The third-order valence-corrected chi connectivity index (χ3v) is 9.39. The number of halogens is 1. The molecule has 3 aromatic carbocycles. The molecular formula is C34H35FN2OS. The minimum Gasteiger partial charge on any atom is -0.338 e. The van der Waals surface area contributed by atoms with E-state index in [-0.39, 0.29) is 11.7 Å². The Kier molecular flexibility index (Phi) is 7.62. The van der Waals surface area contributed by atoms with Crippen LogP contribution >= 0.6 is 11.3 Å². The minimum atomic E-state index is -0.169. The Morgan fingerprint density at radius 2 is 1.67 bits per heavy atom. The zero-order valence-electron chi connectivity index (χ0n) is 22.4. The minimum absolute atomic E-state index is 0.135. The van der Waals surface area contributed by atoms with Gasteiger partial charge in [0, 0.05) is 31.1 Å². The summed E-state index contributed by atoms with van der Waals surface area (Å²) in [4.78, 5) is 18.7. The van der Waals surface area contributed by atoms with Crippen molar-refractivity contribution in [3.8, 4) is 11.1 Å². The average Bonchev–Trinajstić information content (AvgIpc) is 3.64. The van der Waals surface area contributed by atoms with Crippen LogP contribution in [0.2, 0.25) is 0 Å². The smallest absolute Gasteiger partial charge is 0.254 e. The van der Waals surface area contributed by atoms with Crippen LogP contribution in [0.1, 0.15) is 51.7 Å². The molecule has 2 saturated heterocycles. The fourth-order valence-electron chi connectivity index (χ4n) is 6.61. The summed E-state index contributed by atoms with van der Waals surface area (Å²) in [5.74, 6) is 1.21. The van der Waals surface area contributed by atoms with Gasteiger partial charge in [0.1, 0.15) is 5.82 Å². The number of rotatable bonds is 6. The largest absolute Gasteiger partial charge is 0.338 e. The molecule has 1 amide bonds. The normalized spacial score (nSPS) is 20.4. The van der Waals surface area contributed by atoms with Gasteiger partial charge in [-0.3, -0.25) is 4.79 Å². The van der Waals surface area contributed by atoms with E-state index in [2.05, 4.69) is 51.7 Å². The van der Waals surface area contributed by atoms with Gasteiger partial charge in [0.05, 0.1) is 0 Å². The fraction of sp³-hybridized carbons (Fsp3) is 0.324. The highest BCUT2D eigenvalue weighted by Crippen LogP contribution is 2.38. The third-order valence-electron chi connectivity index (χ3n) is 8.69. The average molecular weight is 539 g/mol. The van der Waals surface area contributed by atoms with E-state index < -0.39 is 0 Å². The van der Waals surface area contributed by atoms with Crippen LogP contribution in [0.4, 0.5) is 4.39 Å². The van der Waals surface area contributed by atoms with Gasteiger partial charge < -0.3 is 9.80 Å². The van der Waals surface area contributed by atoms with Crippen LogP contribution in [-0.4, -0.2) is 48.4 Å². The van der Waals surface area contributed by atoms with Crippen molar-refractivity contribution in [3.63, 3.8) is 0 Å². The van der Waals surface area contributed by atoms with E-state index in [0.717, 1.165) is 67.8 Å². The summed E-state index contributed by atoms with van der Waals surface area (Å²) in [6.45, 7) is 6.71. The van der Waals surface area contributed by atoms with Gasteiger partial charge in [-0.05, 0) is 108 Å². The number of carbonyl (C=O) groups is 1. The number of likely N-dealkylation sites (tertiary alicyclic amines) is 2. The van der Waals surface area contributed by atoms with Crippen molar-refractivity contribution < 1.29 is 9.18 Å². The highest BCUT2D eigenvalue weighted by Gasteiger charge is 2.38. The van der Waals surface area contributed by atoms with Crippen LogP contribution in [0.15, 0.2) is 89.6 Å². The van der Waals surface area contributed by atoms with Crippen LogP contribution in [0.3, 0.4) is 0 Å². The molecule has 0 N–H and O–H groups in total. The van der Waals surface area contributed by atoms with Crippen molar-refractivity contribution in [2.75, 3.05) is 32.7 Å². The highest BCUT2D eigenvalue weighted by atomic mass is 32.1. The van der Waals surface area contributed by atoms with E-state index in [4.69, 9.17) is 0 Å². The summed E-state index contributed by atoms with van der Waals surface area (Å²) in [6.07, 6.45) is 2.18. The Balaban J connectivity index is 1.19. The van der Waals surface area contributed by atoms with Crippen molar-refractivity contribution >= 4 is 17.2 Å². The van der Waals surface area contributed by atoms with Gasteiger partial charge in [-0.15, -0.1) is 0 Å². The number of piperidine rings is 1. The van der Waals surface area contributed by atoms with E-state index in [9.17, 15) is 9.18 Å². The SMILES string of the molecule is Cc1cccc(C(=O)N2CC(CN3CCC(c4ccc(F)cc4)CC3)C(c3ccsc3)C2)c1-c1ccccc1. The predicted octanol–water partition coefficient (Wildman–Crippen LogP) is 7.60. The van der Waals surface area contributed by atoms with E-state index in [0.29, 0.717) is 17.8 Å². The molecule has 3 nitrogen and oxygen atoms in total. The number of carbonyl (C=O) groups excluding carboxylic acids is 1. The molecule has 4 aromatic rings. The van der Waals surface area contributed by atoms with Crippen molar-refractivity contribution in [1.82, 2.24) is 9.80 Å². The molecule has 1 aromatic heterocycles. The van der Waals surface area contributed by atoms with E-state index in [1.54, 1.807) is 23.5 Å². The maximum Gasteiger partial charge on any atom is 0.254 e. The first-order chi connectivity index (χ1) is 19.1. The Morgan fingerprint density at radius 1 is 0.897 bits per heavy atom. The Bertz CT molecular complexity index is 1400. The van der Waals surface area contributed by atoms with Gasteiger partial charge in [0.2, 0.25) is 0 Å². The number of hydrogen-bond donors (Lipinski definition) is 0. The fourth-order valence-corrected chi connectivity index (χ4v) is 7.33. The molecule has 39 heavy (non-hydrogen) atoms. The molecule has 0 aliphatic carbocycles. The first-order valence-electron chi connectivity index (χ1n) is 14.0. The van der Waals surface area contributed by atoms with Gasteiger partial charge in [-0.25, -0.2) is 4.39 Å². The predicted molar refractivity (Wildman–Crippen MR) is 158 cm³/mol. The van der Waals surface area contributed by atoms with Gasteiger partial charge in [-0.2, -0.15) is 11.3 Å². The summed E-state index contributed by atoms with van der Waals surface area (Å²) in [5.41, 5.74) is 6.66. The maximum atomic E-state index is 14.1. The zero-order valence-corrected chi connectivity index (χ0v) is 23.2. The number of nitrogens with zero attached hydrogens (tertiary/aromatic N) is 2. The zero-order chi connectivity index (χ0) is 26.8. The molecule has 200 valence electrons. The lowest BCUT2D eigenvalue weighted by molar-refractivity contribution is 0.0782. The lowest BCUT2D eigenvalue weighted by atomic mass is 9.87. The second-order valence-electron chi connectivity index (χ2n) is 11.1. The molecule has 2 fully saturated rings. The van der Waals surface area contributed by atoms with E-state index in [1.165, 1.54) is 11.1 Å². The molecule has 0 bridgehead atoms. The lowest BCUT2D eigenvalue weighted by Crippen LogP contribution is -2.38. The van der Waals surface area contributed by atoms with Crippen LogP contribution in [0.25, 0.3) is 11.1 Å². The van der Waals surface area contributed by atoms with Crippen molar-refractivity contribution in [3.05, 3.63) is 118 Å². The monoisotopic (exact) mass is 538 g/mol. The first kappa shape index (κ1) is 26.0. The number of amides is 1. The maximum absolute atomic E-state index is 14.1. The molecule has 0 saturated carbocycles. The quantitative estimate of drug-likeness (QED) is 0.252. The molecule has 5 heteroatoms. The second kappa shape index (κ2) is 11.4. The number of aryl methyl sites for hydroxylation is 1. The molecular weight excluding hydrogens is 503 g/mol. The van der Waals surface area contributed by atoms with Crippen LogP contribution in [0, 0.1) is 18.7 Å². The van der Waals surface area contributed by atoms with Gasteiger partial charge in [0.25, 0.3) is 5.91 Å². The van der Waals surface area contributed by atoms with Crippen LogP contribution in [0.5, 0.6) is 0 Å². The van der Waals surface area contributed by atoms with E-state index in [1.807, 2.05) is 42.5 Å². The van der Waals surface area contributed by atoms with Crippen LogP contribution < -0.4 is 0 Å². The Labute approximate surface area is 234 Å². The van der Waals surface area contributed by atoms with Crippen molar-refractivity contribution in [2.24, 2.45) is 5.92 Å². The van der Waals surface area contributed by atoms with Gasteiger partial charge in [-0.1, -0.05) is 54.6 Å². The van der Waals surface area contributed by atoms with E-state index >= 15 is 0 Å². The highest BCUT2D eigenvalue weighted by molar-refractivity contribution is 7.08. The number of benzene rings is 3. The van der Waals surface area contributed by atoms with Crippen LogP contribution in [-0.2, 0) is 0 Å². The summed E-state index contributed by atoms with van der Waals surface area (Å²) < 4.78 is 13.4. The third kappa shape index (κ3) is 5.57. The summed E-state index contributed by atoms with van der Waals surface area (Å²) in [5, 5.41) is 4.41. The topological polar surface area (TPSA) is 23.6 Å². The molecule has 0 spiro atoms. The standard InChI is InChI=1S/C34H35FN2OS/c1-24-6-5-9-31(33(24)27-7-3-2-4-8-27)34(38)37-21-29(32(22-37)28-16-19-39-23-28)20-36-17-14-26(15-18-36)25-10-12-30(35)13-11-25/h2-13,16,19,23,26,29,32H,14-15,17-18,20-22H2,1H3. The molecule has 3 heterocycles. The molecule has 2 atom stereocenters. The molecule has 2 aliphatic rings. The van der Waals surface area contributed by atoms with Gasteiger partial charge >= 0.3 is 0 Å². The summed E-state index contributed by atoms with van der Waals surface area (Å²) in [7, 11) is 0. The van der Waals surface area contributed by atoms with Crippen molar-refractivity contribution in [1.29, 1.82) is 0 Å². The number of thiophene rings is 1. The summed E-state index contributed by atoms with van der Waals surface area (Å²) >= 11 is 1.74. The first-order valence-corrected chi connectivity index (χ1v) is 15.0. The molecule has 2 unspecified atom stereocenters. The lowest BCUT2D eigenvalue weighted by Gasteiger charge is -2.34.